The van der Waals surface area contributed by atoms with Gasteiger partial charge in [0.1, 0.15) is 0 Å². The Morgan fingerprint density at radius 2 is 2.04 bits per heavy atom. The third-order valence-corrected chi connectivity index (χ3v) is 5.18. The second-order valence-corrected chi connectivity index (χ2v) is 6.91. The van der Waals surface area contributed by atoms with Gasteiger partial charge in [0.05, 0.1) is 11.1 Å². The molecule has 2 aromatic heterocycles. The van der Waals surface area contributed by atoms with E-state index in [9.17, 15) is 4.79 Å². The molecular weight excluding hydrogens is 326 g/mol. The van der Waals surface area contributed by atoms with Crippen molar-refractivity contribution >= 4 is 22.8 Å². The molecule has 0 radical (unpaired) electrons. The summed E-state index contributed by atoms with van der Waals surface area (Å²) in [5, 5.41) is 4.31. The van der Waals surface area contributed by atoms with Crippen molar-refractivity contribution in [2.45, 2.75) is 32.7 Å². The molecule has 0 aliphatic carbocycles. The number of aromatic amines is 1. The van der Waals surface area contributed by atoms with Gasteiger partial charge in [-0.15, -0.1) is 0 Å². The molecule has 134 valence electrons. The number of benzene rings is 1. The summed E-state index contributed by atoms with van der Waals surface area (Å²) in [7, 11) is 0. The van der Waals surface area contributed by atoms with Crippen LogP contribution in [-0.2, 0) is 0 Å². The zero-order chi connectivity index (χ0) is 18.1. The number of aryl methyl sites for hydroxylation is 2. The van der Waals surface area contributed by atoms with Crippen LogP contribution in [0.2, 0.25) is 0 Å². The topological polar surface area (TPSA) is 73.9 Å². The van der Waals surface area contributed by atoms with E-state index < -0.39 is 0 Å². The molecular formula is C20H23N5O. The summed E-state index contributed by atoms with van der Waals surface area (Å²) in [4.78, 5) is 27.1. The van der Waals surface area contributed by atoms with Crippen LogP contribution in [-0.4, -0.2) is 40.0 Å². The van der Waals surface area contributed by atoms with Crippen molar-refractivity contribution < 1.29 is 4.79 Å². The largest absolute Gasteiger partial charge is 0.358 e. The molecule has 1 aromatic carbocycles. The number of carbonyl (C=O) groups is 1. The summed E-state index contributed by atoms with van der Waals surface area (Å²) in [6.07, 6.45) is 5.48. The average Bonchev–Trinajstić information content (AvgIpc) is 2.97. The number of H-pyrrole nitrogens is 1. The van der Waals surface area contributed by atoms with Gasteiger partial charge >= 0.3 is 0 Å². The molecule has 4 rings (SSSR count). The third-order valence-electron chi connectivity index (χ3n) is 5.18. The first-order valence-corrected chi connectivity index (χ1v) is 9.04. The number of piperidine rings is 1. The van der Waals surface area contributed by atoms with E-state index in [1.807, 2.05) is 25.1 Å². The van der Waals surface area contributed by atoms with Gasteiger partial charge in [-0.3, -0.25) is 4.79 Å². The molecule has 1 atom stereocenters. The Hall–Kier alpha value is -2.89. The number of anilines is 1. The predicted molar refractivity (Wildman–Crippen MR) is 103 cm³/mol. The van der Waals surface area contributed by atoms with Gasteiger partial charge in [-0.05, 0) is 44.4 Å². The predicted octanol–water partition coefficient (Wildman–Crippen LogP) is 2.97. The summed E-state index contributed by atoms with van der Waals surface area (Å²) in [6, 6.07) is 7.79. The van der Waals surface area contributed by atoms with E-state index >= 15 is 0 Å². The van der Waals surface area contributed by atoms with Gasteiger partial charge in [-0.1, -0.05) is 12.1 Å². The average molecular weight is 349 g/mol. The lowest BCUT2D eigenvalue weighted by atomic mass is 10.0. The van der Waals surface area contributed by atoms with Gasteiger partial charge in [0.15, 0.2) is 0 Å². The molecule has 6 heteroatoms. The van der Waals surface area contributed by atoms with Gasteiger partial charge in [0, 0.05) is 42.6 Å². The molecule has 3 aromatic rings. The molecule has 26 heavy (non-hydrogen) atoms. The van der Waals surface area contributed by atoms with Crippen LogP contribution in [0, 0.1) is 13.8 Å². The molecule has 0 saturated carbocycles. The Balaban J connectivity index is 1.52. The fourth-order valence-corrected chi connectivity index (χ4v) is 3.67. The summed E-state index contributed by atoms with van der Waals surface area (Å²) >= 11 is 0. The Morgan fingerprint density at radius 3 is 2.85 bits per heavy atom. The maximum atomic E-state index is 12.9. The number of nitrogens with one attached hydrogen (secondary N) is 2. The van der Waals surface area contributed by atoms with E-state index in [-0.39, 0.29) is 11.9 Å². The number of rotatable bonds is 3. The van der Waals surface area contributed by atoms with Crippen molar-refractivity contribution in [3.8, 4) is 0 Å². The second kappa shape index (κ2) is 6.78. The van der Waals surface area contributed by atoms with E-state index in [1.165, 1.54) is 5.56 Å². The number of carbonyl (C=O) groups excluding carboxylic acids is 1. The van der Waals surface area contributed by atoms with Gasteiger partial charge in [0.25, 0.3) is 5.91 Å². The van der Waals surface area contributed by atoms with Crippen LogP contribution in [0.5, 0.6) is 0 Å². The first-order chi connectivity index (χ1) is 12.6. The summed E-state index contributed by atoms with van der Waals surface area (Å²) < 4.78 is 0. The highest BCUT2D eigenvalue weighted by molar-refractivity contribution is 6.06. The number of aromatic nitrogens is 3. The smallest absolute Gasteiger partial charge is 0.253 e. The maximum Gasteiger partial charge on any atom is 0.253 e. The molecule has 0 spiro atoms. The van der Waals surface area contributed by atoms with Crippen molar-refractivity contribution in [2.75, 3.05) is 18.0 Å². The number of para-hydroxylation sites is 1. The Labute approximate surface area is 152 Å². The molecule has 1 aliphatic rings. The fraction of sp³-hybridized carbons (Fsp3) is 0.350. The lowest BCUT2D eigenvalue weighted by Crippen LogP contribution is -2.48. The third kappa shape index (κ3) is 3.03. The maximum absolute atomic E-state index is 12.9. The molecule has 1 saturated heterocycles. The molecule has 0 bridgehead atoms. The van der Waals surface area contributed by atoms with Crippen LogP contribution in [0.25, 0.3) is 10.9 Å². The number of fused-ring (bicyclic) bond motifs is 1. The van der Waals surface area contributed by atoms with Crippen LogP contribution in [0.1, 0.15) is 34.5 Å². The Bertz CT molecular complexity index is 934. The van der Waals surface area contributed by atoms with Gasteiger partial charge in [-0.2, -0.15) is 0 Å². The molecule has 2 N–H and O–H groups in total. The van der Waals surface area contributed by atoms with Gasteiger partial charge in [-0.25, -0.2) is 9.97 Å². The minimum Gasteiger partial charge on any atom is -0.358 e. The number of nitrogens with zero attached hydrogens (tertiary/aromatic N) is 3. The number of hydrogen-bond donors (Lipinski definition) is 2. The van der Waals surface area contributed by atoms with Crippen molar-refractivity contribution in [1.29, 1.82) is 0 Å². The molecule has 3 heterocycles. The first-order valence-electron chi connectivity index (χ1n) is 9.04. The Kier molecular flexibility index (Phi) is 4.32. The standard InChI is InChI=1S/C20H23N5O/c1-13-14(2)23-18-16(13)7-3-8-17(18)19(26)24-15-6-4-11-25(12-15)20-21-9-5-10-22-20/h3,5,7-10,15,23H,4,6,11-12H2,1-2H3,(H,24,26)/t15-/m0/s1. The molecule has 1 amide bonds. The van der Waals surface area contributed by atoms with Crippen LogP contribution in [0.3, 0.4) is 0 Å². The number of hydrogen-bond acceptors (Lipinski definition) is 4. The lowest BCUT2D eigenvalue weighted by molar-refractivity contribution is 0.0934. The van der Waals surface area contributed by atoms with E-state index in [0.717, 1.165) is 48.5 Å². The highest BCUT2D eigenvalue weighted by Gasteiger charge is 2.24. The highest BCUT2D eigenvalue weighted by atomic mass is 16.1. The SMILES string of the molecule is Cc1[nH]c2c(C(=O)N[C@H]3CCCN(c4ncccn4)C3)cccc2c1C. The van der Waals surface area contributed by atoms with Gasteiger partial charge < -0.3 is 15.2 Å². The molecule has 1 aliphatic heterocycles. The van der Waals surface area contributed by atoms with Crippen LogP contribution in [0.15, 0.2) is 36.7 Å². The minimum absolute atomic E-state index is 0.0299. The van der Waals surface area contributed by atoms with Crippen LogP contribution < -0.4 is 10.2 Å². The first kappa shape index (κ1) is 16.6. The number of amides is 1. The lowest BCUT2D eigenvalue weighted by Gasteiger charge is -2.33. The monoisotopic (exact) mass is 349 g/mol. The molecule has 0 unspecified atom stereocenters. The summed E-state index contributed by atoms with van der Waals surface area (Å²) in [6.45, 7) is 5.76. The van der Waals surface area contributed by atoms with E-state index in [1.54, 1.807) is 12.4 Å². The zero-order valence-electron chi connectivity index (χ0n) is 15.1. The van der Waals surface area contributed by atoms with E-state index in [0.29, 0.717) is 5.56 Å². The van der Waals surface area contributed by atoms with Crippen molar-refractivity contribution in [3.63, 3.8) is 0 Å². The van der Waals surface area contributed by atoms with Crippen molar-refractivity contribution in [1.82, 2.24) is 20.3 Å². The highest BCUT2D eigenvalue weighted by Crippen LogP contribution is 2.24. The van der Waals surface area contributed by atoms with Crippen molar-refractivity contribution in [3.05, 3.63) is 53.5 Å². The molecule has 1 fully saturated rings. The summed E-state index contributed by atoms with van der Waals surface area (Å²) in [5.74, 6) is 0.696. The van der Waals surface area contributed by atoms with Crippen LogP contribution in [0.4, 0.5) is 5.95 Å². The fourth-order valence-electron chi connectivity index (χ4n) is 3.67. The van der Waals surface area contributed by atoms with Crippen molar-refractivity contribution in [2.24, 2.45) is 0 Å². The quantitative estimate of drug-likeness (QED) is 0.762. The van der Waals surface area contributed by atoms with Crippen LogP contribution >= 0.6 is 0 Å². The molecule has 6 nitrogen and oxygen atoms in total. The zero-order valence-corrected chi connectivity index (χ0v) is 15.1. The second-order valence-electron chi connectivity index (χ2n) is 6.91. The Morgan fingerprint density at radius 1 is 1.23 bits per heavy atom. The van der Waals surface area contributed by atoms with Gasteiger partial charge in [0.2, 0.25) is 5.95 Å². The minimum atomic E-state index is -0.0299. The summed E-state index contributed by atoms with van der Waals surface area (Å²) in [5.41, 5.74) is 3.91. The van der Waals surface area contributed by atoms with E-state index in [4.69, 9.17) is 0 Å². The van der Waals surface area contributed by atoms with E-state index in [2.05, 4.69) is 38.2 Å². The normalized spacial score (nSPS) is 17.5.